The summed E-state index contributed by atoms with van der Waals surface area (Å²) in [5.74, 6) is -0.499. The number of nitrogens with one attached hydrogen (secondary N) is 1. The summed E-state index contributed by atoms with van der Waals surface area (Å²) in [4.78, 5) is 23.0. The number of nitrogens with zero attached hydrogens (tertiary/aromatic N) is 3. The topological polar surface area (TPSA) is 101 Å². The van der Waals surface area contributed by atoms with Crippen molar-refractivity contribution in [1.82, 2.24) is 4.57 Å². The molecular weight excluding hydrogens is 368 g/mol. The zero-order valence-electron chi connectivity index (χ0n) is 15.9. The predicted octanol–water partition coefficient (Wildman–Crippen LogP) is 4.55. The van der Waals surface area contributed by atoms with Gasteiger partial charge in [-0.2, -0.15) is 5.26 Å². The molecule has 7 nitrogen and oxygen atoms in total. The van der Waals surface area contributed by atoms with Crippen molar-refractivity contribution in [2.24, 2.45) is 0 Å². The fraction of sp³-hybridized carbons (Fsp3) is 0.0909. The van der Waals surface area contributed by atoms with E-state index in [9.17, 15) is 20.2 Å². The van der Waals surface area contributed by atoms with Crippen LogP contribution >= 0.6 is 0 Å². The second kappa shape index (κ2) is 8.23. The van der Waals surface area contributed by atoms with Crippen LogP contribution in [0.3, 0.4) is 0 Å². The van der Waals surface area contributed by atoms with Gasteiger partial charge in [-0.05, 0) is 55.3 Å². The van der Waals surface area contributed by atoms with E-state index in [1.54, 1.807) is 35.0 Å². The molecule has 3 rings (SSSR count). The largest absolute Gasteiger partial charge is 0.321 e. The highest BCUT2D eigenvalue weighted by Gasteiger charge is 2.14. The van der Waals surface area contributed by atoms with Gasteiger partial charge < -0.3 is 9.88 Å². The average Bonchev–Trinajstić information content (AvgIpc) is 3.17. The monoisotopic (exact) mass is 386 g/mol. The molecule has 7 heteroatoms. The third kappa shape index (κ3) is 4.22. The molecule has 0 aliphatic rings. The number of aromatic nitrogens is 1. The van der Waals surface area contributed by atoms with Crippen LogP contribution in [0, 0.1) is 35.3 Å². The van der Waals surface area contributed by atoms with Crippen molar-refractivity contribution in [2.75, 3.05) is 5.32 Å². The molecule has 0 saturated carbocycles. The van der Waals surface area contributed by atoms with Gasteiger partial charge in [0.15, 0.2) is 0 Å². The summed E-state index contributed by atoms with van der Waals surface area (Å²) in [5.41, 5.74) is 3.73. The first kappa shape index (κ1) is 19.6. The number of carbonyl (C=O) groups is 1. The number of rotatable bonds is 5. The van der Waals surface area contributed by atoms with Gasteiger partial charge in [0, 0.05) is 35.4 Å². The molecule has 1 heterocycles. The standard InChI is InChI=1S/C22H18N4O3/c1-15-5-3-6-16(2)21(15)24-22(27)17(14-23)13-20-7-4-12-25(20)18-8-10-19(11-9-18)26(28)29/h3-13H,1-2H3,(H,24,27)/b17-13+. The molecule has 1 amide bonds. The molecule has 0 spiro atoms. The Balaban J connectivity index is 1.91. The summed E-state index contributed by atoms with van der Waals surface area (Å²) in [6.45, 7) is 3.77. The number of benzene rings is 2. The van der Waals surface area contributed by atoms with E-state index in [1.165, 1.54) is 18.2 Å². The van der Waals surface area contributed by atoms with Gasteiger partial charge in [0.2, 0.25) is 0 Å². The Kier molecular flexibility index (Phi) is 5.56. The highest BCUT2D eigenvalue weighted by Crippen LogP contribution is 2.22. The molecule has 0 saturated heterocycles. The van der Waals surface area contributed by atoms with E-state index >= 15 is 0 Å². The molecule has 1 aromatic heterocycles. The van der Waals surface area contributed by atoms with Crippen LogP contribution in [-0.2, 0) is 4.79 Å². The molecule has 1 N–H and O–H groups in total. The maximum atomic E-state index is 12.7. The molecule has 0 atom stereocenters. The highest BCUT2D eigenvalue weighted by molar-refractivity contribution is 6.10. The zero-order valence-corrected chi connectivity index (χ0v) is 15.9. The van der Waals surface area contributed by atoms with E-state index in [1.807, 2.05) is 38.1 Å². The minimum atomic E-state index is -0.499. The molecule has 0 bridgehead atoms. The summed E-state index contributed by atoms with van der Waals surface area (Å²) in [5, 5.41) is 23.1. The number of aryl methyl sites for hydroxylation is 2. The number of non-ortho nitro benzene ring substituents is 1. The third-order valence-corrected chi connectivity index (χ3v) is 4.50. The molecule has 2 aromatic carbocycles. The van der Waals surface area contributed by atoms with Crippen molar-refractivity contribution >= 4 is 23.4 Å². The van der Waals surface area contributed by atoms with Gasteiger partial charge in [-0.15, -0.1) is 0 Å². The van der Waals surface area contributed by atoms with E-state index < -0.39 is 10.8 Å². The zero-order chi connectivity index (χ0) is 21.0. The SMILES string of the molecule is Cc1cccc(C)c1NC(=O)/C(C#N)=C/c1cccn1-c1ccc([N+](=O)[O-])cc1. The van der Waals surface area contributed by atoms with Crippen LogP contribution in [0.5, 0.6) is 0 Å². The van der Waals surface area contributed by atoms with Gasteiger partial charge in [0.25, 0.3) is 11.6 Å². The van der Waals surface area contributed by atoms with Crippen molar-refractivity contribution in [3.63, 3.8) is 0 Å². The Morgan fingerprint density at radius 3 is 2.34 bits per heavy atom. The lowest BCUT2D eigenvalue weighted by Gasteiger charge is -2.11. The van der Waals surface area contributed by atoms with Crippen LogP contribution in [0.2, 0.25) is 0 Å². The van der Waals surface area contributed by atoms with E-state index in [0.29, 0.717) is 17.1 Å². The number of para-hydroxylation sites is 1. The summed E-state index contributed by atoms with van der Waals surface area (Å²) >= 11 is 0. The van der Waals surface area contributed by atoms with E-state index in [4.69, 9.17) is 0 Å². The van der Waals surface area contributed by atoms with Gasteiger partial charge >= 0.3 is 0 Å². The number of nitro benzene ring substituents is 1. The van der Waals surface area contributed by atoms with Crippen molar-refractivity contribution < 1.29 is 9.72 Å². The van der Waals surface area contributed by atoms with E-state index in [0.717, 1.165) is 11.1 Å². The molecular formula is C22H18N4O3. The number of anilines is 1. The fourth-order valence-electron chi connectivity index (χ4n) is 2.97. The van der Waals surface area contributed by atoms with E-state index in [-0.39, 0.29) is 11.3 Å². The lowest BCUT2D eigenvalue weighted by molar-refractivity contribution is -0.384. The Morgan fingerprint density at radius 1 is 1.10 bits per heavy atom. The first-order valence-electron chi connectivity index (χ1n) is 8.82. The number of hydrogen-bond donors (Lipinski definition) is 1. The van der Waals surface area contributed by atoms with Gasteiger partial charge in [-0.1, -0.05) is 18.2 Å². The smallest absolute Gasteiger partial charge is 0.269 e. The molecule has 29 heavy (non-hydrogen) atoms. The van der Waals surface area contributed by atoms with Crippen molar-refractivity contribution in [3.05, 3.63) is 93.3 Å². The Hall–Kier alpha value is -4.18. The van der Waals surface area contributed by atoms with Gasteiger partial charge in [0.05, 0.1) is 4.92 Å². The Morgan fingerprint density at radius 2 is 1.76 bits per heavy atom. The molecule has 0 aliphatic carbocycles. The number of hydrogen-bond acceptors (Lipinski definition) is 4. The normalized spacial score (nSPS) is 11.0. The van der Waals surface area contributed by atoms with Crippen molar-refractivity contribution in [2.45, 2.75) is 13.8 Å². The number of amides is 1. The Labute approximate surface area is 167 Å². The lowest BCUT2D eigenvalue weighted by atomic mass is 10.1. The average molecular weight is 386 g/mol. The van der Waals surface area contributed by atoms with Crippen LogP contribution in [0.1, 0.15) is 16.8 Å². The molecule has 0 unspecified atom stereocenters. The first-order chi connectivity index (χ1) is 13.9. The molecule has 144 valence electrons. The number of nitro groups is 1. The summed E-state index contributed by atoms with van der Waals surface area (Å²) in [6.07, 6.45) is 3.25. The maximum Gasteiger partial charge on any atom is 0.269 e. The summed E-state index contributed by atoms with van der Waals surface area (Å²) in [6, 6.07) is 17.2. The van der Waals surface area contributed by atoms with Crippen LogP contribution in [0.25, 0.3) is 11.8 Å². The van der Waals surface area contributed by atoms with E-state index in [2.05, 4.69) is 5.32 Å². The van der Waals surface area contributed by atoms with Crippen LogP contribution in [0.15, 0.2) is 66.4 Å². The van der Waals surface area contributed by atoms with Crippen LogP contribution in [0.4, 0.5) is 11.4 Å². The van der Waals surface area contributed by atoms with Gasteiger partial charge in [0.1, 0.15) is 11.6 Å². The maximum absolute atomic E-state index is 12.7. The molecule has 0 fully saturated rings. The van der Waals surface area contributed by atoms with Crippen LogP contribution < -0.4 is 5.32 Å². The second-order valence-corrected chi connectivity index (χ2v) is 6.47. The fourth-order valence-corrected chi connectivity index (χ4v) is 2.97. The molecule has 3 aromatic rings. The predicted molar refractivity (Wildman–Crippen MR) is 111 cm³/mol. The molecule has 0 radical (unpaired) electrons. The summed E-state index contributed by atoms with van der Waals surface area (Å²) in [7, 11) is 0. The third-order valence-electron chi connectivity index (χ3n) is 4.50. The van der Waals surface area contributed by atoms with Gasteiger partial charge in [-0.3, -0.25) is 14.9 Å². The number of carbonyl (C=O) groups excluding carboxylic acids is 1. The van der Waals surface area contributed by atoms with Crippen molar-refractivity contribution in [1.29, 1.82) is 5.26 Å². The number of nitriles is 1. The quantitative estimate of drug-likeness (QED) is 0.301. The van der Waals surface area contributed by atoms with Gasteiger partial charge in [-0.25, -0.2) is 0 Å². The summed E-state index contributed by atoms with van der Waals surface area (Å²) < 4.78 is 1.74. The first-order valence-corrected chi connectivity index (χ1v) is 8.82. The highest BCUT2D eigenvalue weighted by atomic mass is 16.6. The lowest BCUT2D eigenvalue weighted by Crippen LogP contribution is -2.15. The second-order valence-electron chi connectivity index (χ2n) is 6.47. The molecule has 0 aliphatic heterocycles. The Bertz CT molecular complexity index is 1130. The van der Waals surface area contributed by atoms with Crippen LogP contribution in [-0.4, -0.2) is 15.4 Å². The van der Waals surface area contributed by atoms with Crippen molar-refractivity contribution in [3.8, 4) is 11.8 Å². The minimum Gasteiger partial charge on any atom is -0.321 e. The minimum absolute atomic E-state index is 0.0105.